The number of piperidine rings is 1. The fourth-order valence-corrected chi connectivity index (χ4v) is 4.86. The van der Waals surface area contributed by atoms with Gasteiger partial charge in [-0.2, -0.15) is 0 Å². The third-order valence-corrected chi connectivity index (χ3v) is 6.27. The zero-order valence-electron chi connectivity index (χ0n) is 14.0. The lowest BCUT2D eigenvalue weighted by Gasteiger charge is -2.32. The molecule has 2 heterocycles. The Morgan fingerprint density at radius 2 is 1.74 bits per heavy atom. The average Bonchev–Trinajstić information content (AvgIpc) is 2.87. The van der Waals surface area contributed by atoms with E-state index in [1.54, 1.807) is 4.90 Å². The first-order chi connectivity index (χ1) is 10.8. The molecule has 0 aromatic heterocycles. The van der Waals surface area contributed by atoms with Crippen molar-refractivity contribution in [2.75, 3.05) is 51.8 Å². The van der Waals surface area contributed by atoms with Crippen LogP contribution < -0.4 is 0 Å². The maximum Gasteiger partial charge on any atom is 0.312 e. The lowest BCUT2D eigenvalue weighted by molar-refractivity contribution is -0.153. The van der Waals surface area contributed by atoms with Gasteiger partial charge in [0, 0.05) is 32.2 Å². The Labute approximate surface area is 138 Å². The molecular formula is C15H27N3O4S. The molecule has 2 saturated heterocycles. The highest BCUT2D eigenvalue weighted by molar-refractivity contribution is 7.91. The van der Waals surface area contributed by atoms with E-state index in [2.05, 4.69) is 0 Å². The molecule has 0 aromatic rings. The Hall–Kier alpha value is -1.15. The van der Waals surface area contributed by atoms with Crippen molar-refractivity contribution in [2.24, 2.45) is 0 Å². The number of rotatable bonds is 4. The molecule has 0 aromatic carbocycles. The molecule has 0 bridgehead atoms. The molecule has 2 rings (SSSR count). The number of nitrogens with zero attached hydrogens (tertiary/aromatic N) is 3. The second-order valence-corrected chi connectivity index (χ2v) is 8.94. The summed E-state index contributed by atoms with van der Waals surface area (Å²) in [6.07, 6.45) is 3.36. The van der Waals surface area contributed by atoms with Crippen molar-refractivity contribution in [1.29, 1.82) is 0 Å². The van der Waals surface area contributed by atoms with Crippen molar-refractivity contribution in [1.82, 2.24) is 14.7 Å². The van der Waals surface area contributed by atoms with Crippen LogP contribution in [0.5, 0.6) is 0 Å². The van der Waals surface area contributed by atoms with E-state index in [1.165, 1.54) is 4.90 Å². The number of likely N-dealkylation sites (tertiary alicyclic amines) is 1. The topological polar surface area (TPSA) is 78.0 Å². The zero-order valence-corrected chi connectivity index (χ0v) is 14.8. The molecule has 0 radical (unpaired) electrons. The normalized spacial score (nSPS) is 24.0. The van der Waals surface area contributed by atoms with Gasteiger partial charge in [0.2, 0.25) is 0 Å². The van der Waals surface area contributed by atoms with Gasteiger partial charge < -0.3 is 14.7 Å². The summed E-state index contributed by atoms with van der Waals surface area (Å²) in [5.74, 6) is -0.954. The van der Waals surface area contributed by atoms with Crippen LogP contribution >= 0.6 is 0 Å². The van der Waals surface area contributed by atoms with Gasteiger partial charge in [-0.3, -0.25) is 9.59 Å². The molecule has 132 valence electrons. The molecule has 7 nitrogen and oxygen atoms in total. The molecule has 2 aliphatic heterocycles. The van der Waals surface area contributed by atoms with Crippen molar-refractivity contribution in [3.05, 3.63) is 0 Å². The second kappa shape index (κ2) is 7.61. The number of likely N-dealkylation sites (N-methyl/N-ethyl adjacent to an activating group) is 1. The quantitative estimate of drug-likeness (QED) is 0.647. The number of hydrogen-bond donors (Lipinski definition) is 0. The molecular weight excluding hydrogens is 318 g/mol. The summed E-state index contributed by atoms with van der Waals surface area (Å²) in [6, 6.07) is -0.374. The molecule has 0 aliphatic carbocycles. The maximum atomic E-state index is 12.7. The second-order valence-electron chi connectivity index (χ2n) is 6.71. The van der Waals surface area contributed by atoms with Crippen LogP contribution in [0.1, 0.15) is 25.7 Å². The SMILES string of the molecule is CN(C)CCN(C(=O)C(=O)N1CCCCC1)C1CCS(=O)(=O)C1. The number of carbonyl (C=O) groups excluding carboxylic acids is 2. The minimum atomic E-state index is -3.10. The van der Waals surface area contributed by atoms with Gasteiger partial charge in [0.05, 0.1) is 11.5 Å². The highest BCUT2D eigenvalue weighted by Gasteiger charge is 2.38. The van der Waals surface area contributed by atoms with E-state index >= 15 is 0 Å². The van der Waals surface area contributed by atoms with Gasteiger partial charge in [-0.25, -0.2) is 8.42 Å². The summed E-state index contributed by atoms with van der Waals surface area (Å²) in [4.78, 5) is 30.2. The van der Waals surface area contributed by atoms with E-state index in [0.29, 0.717) is 32.6 Å². The van der Waals surface area contributed by atoms with Gasteiger partial charge in [0.25, 0.3) is 0 Å². The standard InChI is InChI=1S/C15H27N3O4S/c1-16(2)9-10-18(13-6-11-23(21,22)12-13)15(20)14(19)17-7-4-3-5-8-17/h13H,3-12H2,1-2H3. The first-order valence-corrected chi connectivity index (χ1v) is 10.1. The summed E-state index contributed by atoms with van der Waals surface area (Å²) in [5, 5.41) is 0. The minimum absolute atomic E-state index is 0.0283. The van der Waals surface area contributed by atoms with Crippen LogP contribution in [0.4, 0.5) is 0 Å². The van der Waals surface area contributed by atoms with Crippen LogP contribution in [0, 0.1) is 0 Å². The highest BCUT2D eigenvalue weighted by atomic mass is 32.2. The van der Waals surface area contributed by atoms with Crippen LogP contribution in [0.2, 0.25) is 0 Å². The fraction of sp³-hybridized carbons (Fsp3) is 0.867. The molecule has 0 spiro atoms. The van der Waals surface area contributed by atoms with E-state index in [1.807, 2.05) is 19.0 Å². The zero-order chi connectivity index (χ0) is 17.0. The minimum Gasteiger partial charge on any atom is -0.334 e. The number of hydrogen-bond acceptors (Lipinski definition) is 5. The Kier molecular flexibility index (Phi) is 6.02. The molecule has 23 heavy (non-hydrogen) atoms. The largest absolute Gasteiger partial charge is 0.334 e. The van der Waals surface area contributed by atoms with E-state index < -0.39 is 21.7 Å². The van der Waals surface area contributed by atoms with Crippen LogP contribution in [-0.2, 0) is 19.4 Å². The lowest BCUT2D eigenvalue weighted by Crippen LogP contribution is -2.52. The predicted octanol–water partition coefficient (Wildman–Crippen LogP) is -0.424. The lowest BCUT2D eigenvalue weighted by atomic mass is 10.1. The van der Waals surface area contributed by atoms with E-state index in [-0.39, 0.29) is 17.5 Å². The number of sulfone groups is 1. The van der Waals surface area contributed by atoms with Crippen molar-refractivity contribution >= 4 is 21.7 Å². The Bertz CT molecular complexity index is 541. The van der Waals surface area contributed by atoms with Gasteiger partial charge in [-0.1, -0.05) is 0 Å². The summed E-state index contributed by atoms with van der Waals surface area (Å²) >= 11 is 0. The summed E-state index contributed by atoms with van der Waals surface area (Å²) < 4.78 is 23.5. The third kappa shape index (κ3) is 4.91. The maximum absolute atomic E-state index is 12.7. The van der Waals surface area contributed by atoms with Gasteiger partial charge >= 0.3 is 11.8 Å². The van der Waals surface area contributed by atoms with Gasteiger partial charge in [-0.15, -0.1) is 0 Å². The monoisotopic (exact) mass is 345 g/mol. The van der Waals surface area contributed by atoms with E-state index in [4.69, 9.17) is 0 Å². The molecule has 0 saturated carbocycles. The molecule has 0 N–H and O–H groups in total. The molecule has 2 fully saturated rings. The number of amides is 2. The number of carbonyl (C=O) groups is 2. The van der Waals surface area contributed by atoms with Gasteiger partial charge in [0.1, 0.15) is 0 Å². The summed E-state index contributed by atoms with van der Waals surface area (Å²) in [7, 11) is 0.683. The molecule has 2 aliphatic rings. The van der Waals surface area contributed by atoms with E-state index in [9.17, 15) is 18.0 Å². The smallest absolute Gasteiger partial charge is 0.312 e. The molecule has 1 atom stereocenters. The van der Waals surface area contributed by atoms with Crippen LogP contribution in [0.25, 0.3) is 0 Å². The highest BCUT2D eigenvalue weighted by Crippen LogP contribution is 2.19. The molecule has 1 unspecified atom stereocenters. The average molecular weight is 345 g/mol. The Morgan fingerprint density at radius 3 is 2.26 bits per heavy atom. The van der Waals surface area contributed by atoms with Crippen molar-refractivity contribution in [3.8, 4) is 0 Å². The predicted molar refractivity (Wildman–Crippen MR) is 87.8 cm³/mol. The third-order valence-electron chi connectivity index (χ3n) is 4.52. The van der Waals surface area contributed by atoms with Crippen molar-refractivity contribution in [3.63, 3.8) is 0 Å². The van der Waals surface area contributed by atoms with Crippen LogP contribution in [0.3, 0.4) is 0 Å². The Morgan fingerprint density at radius 1 is 1.09 bits per heavy atom. The fourth-order valence-electron chi connectivity index (χ4n) is 3.13. The van der Waals surface area contributed by atoms with Gasteiger partial charge in [0.15, 0.2) is 9.84 Å². The van der Waals surface area contributed by atoms with Gasteiger partial charge in [-0.05, 0) is 39.8 Å². The van der Waals surface area contributed by atoms with Crippen LogP contribution in [-0.4, -0.2) is 92.8 Å². The summed E-state index contributed by atoms with van der Waals surface area (Å²) in [5.41, 5.74) is 0. The van der Waals surface area contributed by atoms with Crippen LogP contribution in [0.15, 0.2) is 0 Å². The summed E-state index contributed by atoms with van der Waals surface area (Å²) in [6.45, 7) is 2.23. The molecule has 2 amide bonds. The Balaban J connectivity index is 2.08. The van der Waals surface area contributed by atoms with E-state index in [0.717, 1.165) is 19.3 Å². The molecule has 8 heteroatoms. The first kappa shape index (κ1) is 18.2. The van der Waals surface area contributed by atoms with Crippen molar-refractivity contribution in [2.45, 2.75) is 31.7 Å². The first-order valence-electron chi connectivity index (χ1n) is 8.25. The van der Waals surface area contributed by atoms with Crippen molar-refractivity contribution < 1.29 is 18.0 Å².